The molecule has 196 valence electrons. The van der Waals surface area contributed by atoms with Gasteiger partial charge >= 0.3 is 5.97 Å². The molecule has 0 saturated carbocycles. The lowest BCUT2D eigenvalue weighted by molar-refractivity contribution is -0.161. The molecule has 3 unspecified atom stereocenters. The van der Waals surface area contributed by atoms with Gasteiger partial charge in [-0.25, -0.2) is 0 Å². The van der Waals surface area contributed by atoms with Gasteiger partial charge in [0.15, 0.2) is 0 Å². The molecule has 8 heteroatoms. The molecule has 1 N–H and O–H groups in total. The van der Waals surface area contributed by atoms with Crippen molar-refractivity contribution in [1.82, 2.24) is 9.80 Å². The molecule has 0 aliphatic carbocycles. The molecule has 3 rings (SSSR count). The van der Waals surface area contributed by atoms with Gasteiger partial charge in [0.2, 0.25) is 11.8 Å². The van der Waals surface area contributed by atoms with Gasteiger partial charge in [-0.05, 0) is 46.0 Å². The summed E-state index contributed by atoms with van der Waals surface area (Å²) < 4.78 is 12.1. The zero-order valence-corrected chi connectivity index (χ0v) is 21.7. The Morgan fingerprint density at radius 1 is 1.26 bits per heavy atom. The lowest BCUT2D eigenvalue weighted by Crippen LogP contribution is -2.57. The number of aliphatic hydroxyl groups is 1. The molecular formula is C27H42N2O6. The Morgan fingerprint density at radius 3 is 2.54 bits per heavy atom. The fraction of sp³-hybridized carbons (Fsp3) is 0.741. The van der Waals surface area contributed by atoms with Crippen LogP contribution in [0.25, 0.3) is 0 Å². The molecule has 0 aromatic rings. The summed E-state index contributed by atoms with van der Waals surface area (Å²) in [6, 6.07) is -0.890. The third-order valence-corrected chi connectivity index (χ3v) is 8.19. The summed E-state index contributed by atoms with van der Waals surface area (Å²) in [6.07, 6.45) is 6.83. The Labute approximate surface area is 209 Å². The van der Waals surface area contributed by atoms with Crippen LogP contribution >= 0.6 is 0 Å². The van der Waals surface area contributed by atoms with Crippen molar-refractivity contribution in [3.05, 3.63) is 25.3 Å². The fourth-order valence-corrected chi connectivity index (χ4v) is 6.45. The summed E-state index contributed by atoms with van der Waals surface area (Å²) in [7, 11) is 0. The molecule has 0 aromatic carbocycles. The number of rotatable bonds is 13. The van der Waals surface area contributed by atoms with Crippen molar-refractivity contribution in [2.24, 2.45) is 17.8 Å². The molecule has 3 aliphatic rings. The van der Waals surface area contributed by atoms with E-state index < -0.39 is 35.0 Å². The van der Waals surface area contributed by atoms with Crippen molar-refractivity contribution >= 4 is 17.8 Å². The fourth-order valence-electron chi connectivity index (χ4n) is 6.45. The summed E-state index contributed by atoms with van der Waals surface area (Å²) in [5, 5.41) is 9.08. The number of carbonyl (C=O) groups is 3. The molecule has 8 nitrogen and oxygen atoms in total. The zero-order valence-electron chi connectivity index (χ0n) is 21.7. The van der Waals surface area contributed by atoms with Gasteiger partial charge in [-0.15, -0.1) is 6.58 Å². The van der Waals surface area contributed by atoms with Crippen molar-refractivity contribution in [1.29, 1.82) is 0 Å². The van der Waals surface area contributed by atoms with E-state index in [1.807, 2.05) is 27.7 Å². The molecule has 2 bridgehead atoms. The number of esters is 1. The van der Waals surface area contributed by atoms with E-state index in [9.17, 15) is 14.4 Å². The number of unbranched alkanes of at least 4 members (excludes halogenated alkanes) is 3. The molecule has 0 aromatic heterocycles. The third kappa shape index (κ3) is 4.55. The molecule has 0 radical (unpaired) electrons. The largest absolute Gasteiger partial charge is 0.461 e. The molecular weight excluding hydrogens is 448 g/mol. The maximum atomic E-state index is 14.1. The topological polar surface area (TPSA) is 96.4 Å². The normalized spacial score (nSPS) is 33.2. The first kappa shape index (κ1) is 27.4. The van der Waals surface area contributed by atoms with Crippen LogP contribution in [0.3, 0.4) is 0 Å². The molecule has 2 amide bonds. The van der Waals surface area contributed by atoms with Crippen molar-refractivity contribution in [2.45, 2.75) is 83.1 Å². The lowest BCUT2D eigenvalue weighted by Gasteiger charge is -2.38. The van der Waals surface area contributed by atoms with E-state index in [1.54, 1.807) is 15.9 Å². The van der Waals surface area contributed by atoms with Gasteiger partial charge in [-0.1, -0.05) is 38.5 Å². The van der Waals surface area contributed by atoms with Crippen molar-refractivity contribution in [3.8, 4) is 0 Å². The number of fused-ring (bicyclic) bond motifs is 1. The molecule has 3 saturated heterocycles. The Kier molecular flexibility index (Phi) is 8.48. The second kappa shape index (κ2) is 10.8. The van der Waals surface area contributed by atoms with Crippen LogP contribution in [0, 0.1) is 17.8 Å². The quantitative estimate of drug-likeness (QED) is 0.242. The van der Waals surface area contributed by atoms with Crippen LogP contribution in [0.5, 0.6) is 0 Å². The Hall–Kier alpha value is -2.19. The molecule has 35 heavy (non-hydrogen) atoms. The molecule has 3 heterocycles. The minimum Gasteiger partial charge on any atom is -0.461 e. The number of amides is 2. The number of nitrogens with zero attached hydrogens (tertiary/aromatic N) is 2. The highest BCUT2D eigenvalue weighted by Gasteiger charge is 2.80. The molecule has 6 atom stereocenters. The minimum atomic E-state index is -1.07. The average Bonchev–Trinajstić information content (AvgIpc) is 3.32. The monoisotopic (exact) mass is 490 g/mol. The predicted molar refractivity (Wildman–Crippen MR) is 132 cm³/mol. The Balaban J connectivity index is 2.02. The van der Waals surface area contributed by atoms with E-state index in [4.69, 9.17) is 14.6 Å². The van der Waals surface area contributed by atoms with E-state index in [1.165, 1.54) is 6.08 Å². The second-order valence-electron chi connectivity index (χ2n) is 10.7. The smallest absolute Gasteiger partial charge is 0.313 e. The van der Waals surface area contributed by atoms with E-state index >= 15 is 0 Å². The molecule has 3 fully saturated rings. The number of ether oxygens (including phenoxy) is 2. The Morgan fingerprint density at radius 2 is 1.94 bits per heavy atom. The van der Waals surface area contributed by atoms with E-state index in [0.717, 1.165) is 12.8 Å². The predicted octanol–water partition coefficient (Wildman–Crippen LogP) is 2.70. The van der Waals surface area contributed by atoms with Crippen LogP contribution in [0.2, 0.25) is 0 Å². The van der Waals surface area contributed by atoms with Crippen LogP contribution in [-0.2, 0) is 23.9 Å². The van der Waals surface area contributed by atoms with E-state index in [0.29, 0.717) is 32.4 Å². The number of hydrogen-bond acceptors (Lipinski definition) is 6. The molecule has 1 spiro atoms. The van der Waals surface area contributed by atoms with E-state index in [-0.39, 0.29) is 37.0 Å². The van der Waals surface area contributed by atoms with Crippen LogP contribution in [0.15, 0.2) is 25.3 Å². The van der Waals surface area contributed by atoms with Crippen LogP contribution in [0.4, 0.5) is 0 Å². The van der Waals surface area contributed by atoms with Gasteiger partial charge in [-0.2, -0.15) is 0 Å². The number of hydrogen-bond donors (Lipinski definition) is 1. The van der Waals surface area contributed by atoms with Gasteiger partial charge in [0.25, 0.3) is 0 Å². The highest BCUT2D eigenvalue weighted by molar-refractivity contribution is 5.98. The first-order valence-corrected chi connectivity index (χ1v) is 12.9. The van der Waals surface area contributed by atoms with Gasteiger partial charge < -0.3 is 24.4 Å². The number of likely N-dealkylation sites (tertiary alicyclic amines) is 1. The second-order valence-corrected chi connectivity index (χ2v) is 10.7. The van der Waals surface area contributed by atoms with Crippen LogP contribution < -0.4 is 0 Å². The zero-order chi connectivity index (χ0) is 26.0. The standard InChI is InChI=1S/C27H42N2O6/c1-7-13-28(18(3)4)24(32)22-27-17-19(5)26(6,35-27)21(25(33)34-16-8-2)20(27)23(31)29(22)14-11-9-10-12-15-30/h7-8,18-22,30H,1-2,9-17H2,3-6H3/t19?,20-,21-,22?,26+,27?/m0/s1. The maximum Gasteiger partial charge on any atom is 0.313 e. The average molecular weight is 491 g/mol. The van der Waals surface area contributed by atoms with E-state index in [2.05, 4.69) is 13.2 Å². The van der Waals surface area contributed by atoms with Gasteiger partial charge in [0.05, 0.1) is 11.5 Å². The summed E-state index contributed by atoms with van der Waals surface area (Å²) in [5.74, 6) is -2.40. The summed E-state index contributed by atoms with van der Waals surface area (Å²) in [5.41, 5.74) is -1.95. The van der Waals surface area contributed by atoms with Gasteiger partial charge in [-0.3, -0.25) is 14.4 Å². The summed E-state index contributed by atoms with van der Waals surface area (Å²) >= 11 is 0. The van der Waals surface area contributed by atoms with Gasteiger partial charge in [0.1, 0.15) is 24.2 Å². The number of aliphatic hydroxyl groups excluding tert-OH is 1. The van der Waals surface area contributed by atoms with Crippen LogP contribution in [0.1, 0.15) is 59.8 Å². The number of carbonyl (C=O) groups excluding carboxylic acids is 3. The van der Waals surface area contributed by atoms with Crippen LogP contribution in [-0.4, -0.2) is 82.3 Å². The third-order valence-electron chi connectivity index (χ3n) is 8.19. The van der Waals surface area contributed by atoms with Gasteiger partial charge in [0, 0.05) is 25.7 Å². The maximum absolute atomic E-state index is 14.1. The Bertz CT molecular complexity index is 844. The highest BCUT2D eigenvalue weighted by Crippen LogP contribution is 2.65. The lowest BCUT2D eigenvalue weighted by atomic mass is 9.62. The van der Waals surface area contributed by atoms with Crippen molar-refractivity contribution < 1.29 is 29.0 Å². The van der Waals surface area contributed by atoms with Crippen molar-refractivity contribution in [2.75, 3.05) is 26.3 Å². The first-order chi connectivity index (χ1) is 16.6. The summed E-state index contributed by atoms with van der Waals surface area (Å²) in [4.78, 5) is 44.7. The minimum absolute atomic E-state index is 0.0282. The molecule has 3 aliphatic heterocycles. The summed E-state index contributed by atoms with van der Waals surface area (Å²) in [6.45, 7) is 16.2. The van der Waals surface area contributed by atoms with Crippen molar-refractivity contribution in [3.63, 3.8) is 0 Å². The highest BCUT2D eigenvalue weighted by atomic mass is 16.6. The SMILES string of the molecule is C=CCOC(=O)[C@@H]1[C@H]2C(=O)N(CCCCCCO)C(C(=O)N(CC=C)C(C)C)C23CC(C)[C@@]1(C)O3. The first-order valence-electron chi connectivity index (χ1n) is 12.9.